The van der Waals surface area contributed by atoms with E-state index in [1.54, 1.807) is 7.11 Å². The number of benzene rings is 1. The number of methoxy groups -OCH3 is 1. The smallest absolute Gasteiger partial charge is 0.315 e. The minimum Gasteiger partial charge on any atom is -0.497 e. The largest absolute Gasteiger partial charge is 0.497 e. The number of nitrogens with one attached hydrogen (secondary N) is 2. The van der Waals surface area contributed by atoms with E-state index in [1.807, 2.05) is 30.0 Å². The Kier molecular flexibility index (Phi) is 14.6. The molecule has 0 aliphatic carbocycles. The summed E-state index contributed by atoms with van der Waals surface area (Å²) in [7, 11) is 1.64. The third kappa shape index (κ3) is 10.7. The van der Waals surface area contributed by atoms with Gasteiger partial charge in [0.15, 0.2) is 0 Å². The predicted octanol–water partition coefficient (Wildman–Crippen LogP) is 3.04. The topological polar surface area (TPSA) is 156 Å². The van der Waals surface area contributed by atoms with Crippen LogP contribution in [0.3, 0.4) is 0 Å². The molecule has 4 atom stereocenters. The van der Waals surface area contributed by atoms with Gasteiger partial charge in [-0.1, -0.05) is 11.2 Å². The molecule has 1 aromatic rings. The number of azide groups is 1. The van der Waals surface area contributed by atoms with Crippen molar-refractivity contribution in [3.8, 4) is 5.75 Å². The lowest BCUT2D eigenvalue weighted by molar-refractivity contribution is -0.131. The van der Waals surface area contributed by atoms with Crippen LogP contribution in [0.25, 0.3) is 10.4 Å². The zero-order valence-corrected chi connectivity index (χ0v) is 25.0. The van der Waals surface area contributed by atoms with E-state index in [4.69, 9.17) is 40.8 Å². The minimum absolute atomic E-state index is 0.0185. The molecule has 2 heterocycles. The van der Waals surface area contributed by atoms with Gasteiger partial charge in [0.2, 0.25) is 5.91 Å². The van der Waals surface area contributed by atoms with Crippen molar-refractivity contribution in [2.24, 2.45) is 5.11 Å². The van der Waals surface area contributed by atoms with Gasteiger partial charge in [0.25, 0.3) is 0 Å². The molecule has 1 fully saturated rings. The van der Waals surface area contributed by atoms with Crippen molar-refractivity contribution in [2.45, 2.75) is 29.6 Å². The molecule has 0 saturated carbocycles. The van der Waals surface area contributed by atoms with Gasteiger partial charge in [0, 0.05) is 30.5 Å². The fraction of sp³-hybridized carbons (Fsp3) is 0.692. The Morgan fingerprint density at radius 1 is 1.12 bits per heavy atom. The molecule has 2 aliphatic rings. The molecule has 0 bridgehead atoms. The second kappa shape index (κ2) is 18.2. The van der Waals surface area contributed by atoms with Crippen molar-refractivity contribution in [2.75, 3.05) is 85.4 Å². The van der Waals surface area contributed by atoms with E-state index in [2.05, 4.69) is 20.7 Å². The summed E-state index contributed by atoms with van der Waals surface area (Å²) >= 11 is 7.67. The second-order valence-electron chi connectivity index (χ2n) is 9.38. The Bertz CT molecular complexity index is 1030. The number of halogens is 1. The van der Waals surface area contributed by atoms with E-state index in [9.17, 15) is 9.59 Å². The molecule has 13 nitrogen and oxygen atoms in total. The molecule has 0 radical (unpaired) electrons. The van der Waals surface area contributed by atoms with Crippen LogP contribution >= 0.6 is 23.4 Å². The average Bonchev–Trinajstić information content (AvgIpc) is 2.98. The summed E-state index contributed by atoms with van der Waals surface area (Å²) in [4.78, 5) is 29.5. The molecule has 2 aliphatic heterocycles. The number of urea groups is 1. The summed E-state index contributed by atoms with van der Waals surface area (Å²) in [6.45, 7) is 6.54. The highest BCUT2D eigenvalue weighted by atomic mass is 35.5. The van der Waals surface area contributed by atoms with Crippen molar-refractivity contribution in [3.05, 3.63) is 39.8 Å². The van der Waals surface area contributed by atoms with Gasteiger partial charge in [-0.25, -0.2) is 4.79 Å². The average molecular weight is 615 g/mol. The van der Waals surface area contributed by atoms with Crippen LogP contribution in [0.2, 0.25) is 0 Å². The highest BCUT2D eigenvalue weighted by Gasteiger charge is 2.35. The number of alkyl halides is 1. The van der Waals surface area contributed by atoms with Crippen LogP contribution in [-0.2, 0) is 23.7 Å². The highest BCUT2D eigenvalue weighted by Crippen LogP contribution is 2.38. The molecule has 228 valence electrons. The Hall–Kier alpha value is -2.45. The summed E-state index contributed by atoms with van der Waals surface area (Å²) in [6.07, 6.45) is 0. The van der Waals surface area contributed by atoms with Crippen molar-refractivity contribution in [1.29, 1.82) is 0 Å². The molecule has 15 heteroatoms. The molecule has 1 aromatic carbocycles. The Labute approximate surface area is 249 Å². The number of hydrogen-bond donors (Lipinski definition) is 2. The van der Waals surface area contributed by atoms with E-state index >= 15 is 0 Å². The summed E-state index contributed by atoms with van der Waals surface area (Å²) < 4.78 is 27.7. The van der Waals surface area contributed by atoms with E-state index in [0.29, 0.717) is 72.5 Å². The Balaban J connectivity index is 1.43. The SMILES string of the molecule is COc1ccc2c(c1)[C@H](COCCOCCOCCOCCN=[N+]=[N-])CN(C(=O)CSC1NC(=O)NCC1Cl)[C@H]2C. The lowest BCUT2D eigenvalue weighted by atomic mass is 9.86. The first kappa shape index (κ1) is 33.1. The van der Waals surface area contributed by atoms with Crippen LogP contribution in [0.5, 0.6) is 5.75 Å². The third-order valence-electron chi connectivity index (χ3n) is 6.67. The van der Waals surface area contributed by atoms with E-state index in [0.717, 1.165) is 16.9 Å². The predicted molar refractivity (Wildman–Crippen MR) is 156 cm³/mol. The third-order valence-corrected chi connectivity index (χ3v) is 8.44. The van der Waals surface area contributed by atoms with Gasteiger partial charge in [-0.15, -0.1) is 23.4 Å². The van der Waals surface area contributed by atoms with E-state index < -0.39 is 0 Å². The van der Waals surface area contributed by atoms with Gasteiger partial charge < -0.3 is 39.2 Å². The van der Waals surface area contributed by atoms with Crippen LogP contribution < -0.4 is 15.4 Å². The first-order valence-corrected chi connectivity index (χ1v) is 15.0. The van der Waals surface area contributed by atoms with Gasteiger partial charge in [-0.05, 0) is 35.7 Å². The van der Waals surface area contributed by atoms with E-state index in [1.165, 1.54) is 11.8 Å². The standard InChI is InChI=1S/C26H39ClN6O7S/c1-18-21-4-3-20(36-2)13-22(21)19(15-33(18)24(34)17-41-25-23(27)14-29-26(35)31-25)16-40-12-11-39-10-9-38-8-7-37-6-5-30-32-28/h3-4,13,18-19,23,25H,5-12,14-17H2,1-2H3,(H2,29,31,35)/t18-,19-,23?,25?/m0/s1. The molecule has 41 heavy (non-hydrogen) atoms. The molecule has 3 amide bonds. The molecular formula is C26H39ClN6O7S. The van der Waals surface area contributed by atoms with Gasteiger partial charge in [-0.3, -0.25) is 4.79 Å². The van der Waals surface area contributed by atoms with Crippen molar-refractivity contribution in [3.63, 3.8) is 0 Å². The van der Waals surface area contributed by atoms with E-state index in [-0.39, 0.29) is 40.4 Å². The Morgan fingerprint density at radius 2 is 1.80 bits per heavy atom. The molecule has 0 spiro atoms. The maximum absolute atomic E-state index is 13.3. The lowest BCUT2D eigenvalue weighted by Gasteiger charge is -2.40. The molecule has 2 N–H and O–H groups in total. The fourth-order valence-corrected chi connectivity index (χ4v) is 5.87. The number of thioether (sulfide) groups is 1. The number of fused-ring (bicyclic) bond motifs is 1. The number of hydrogen-bond acceptors (Lipinski definition) is 9. The van der Waals surface area contributed by atoms with Gasteiger partial charge in [0.1, 0.15) is 5.75 Å². The quantitative estimate of drug-likeness (QED) is 0.0840. The molecule has 3 rings (SSSR count). The minimum atomic E-state index is -0.334. The molecule has 2 unspecified atom stereocenters. The monoisotopic (exact) mass is 614 g/mol. The van der Waals surface area contributed by atoms with Gasteiger partial charge in [-0.2, -0.15) is 0 Å². The summed E-state index contributed by atoms with van der Waals surface area (Å²) in [5.41, 5.74) is 10.4. The number of rotatable bonds is 18. The van der Waals surface area contributed by atoms with Crippen LogP contribution in [-0.4, -0.2) is 113 Å². The summed E-state index contributed by atoms with van der Waals surface area (Å²) in [5, 5.41) is 8.18. The second-order valence-corrected chi connectivity index (χ2v) is 11.1. The number of nitrogens with zero attached hydrogens (tertiary/aromatic N) is 4. The normalized spacial score (nSPS) is 21.8. The maximum Gasteiger partial charge on any atom is 0.315 e. The van der Waals surface area contributed by atoms with Crippen molar-refractivity contribution < 1.29 is 33.3 Å². The van der Waals surface area contributed by atoms with Crippen LogP contribution in [0.1, 0.15) is 30.0 Å². The molecule has 1 saturated heterocycles. The first-order valence-electron chi connectivity index (χ1n) is 13.5. The van der Waals surface area contributed by atoms with Gasteiger partial charge >= 0.3 is 6.03 Å². The molecule has 0 aromatic heterocycles. The lowest BCUT2D eigenvalue weighted by Crippen LogP contribution is -2.54. The number of carbonyl (C=O) groups excluding carboxylic acids is 2. The summed E-state index contributed by atoms with van der Waals surface area (Å²) in [6, 6.07) is 5.54. The Morgan fingerprint density at radius 3 is 2.49 bits per heavy atom. The van der Waals surface area contributed by atoms with Crippen molar-refractivity contribution >= 4 is 35.3 Å². The number of amides is 3. The zero-order valence-electron chi connectivity index (χ0n) is 23.5. The number of ether oxygens (including phenoxy) is 5. The van der Waals surface area contributed by atoms with Crippen LogP contribution in [0.4, 0.5) is 4.79 Å². The zero-order chi connectivity index (χ0) is 29.5. The maximum atomic E-state index is 13.3. The van der Waals surface area contributed by atoms with Crippen LogP contribution in [0, 0.1) is 0 Å². The fourth-order valence-electron chi connectivity index (χ4n) is 4.53. The van der Waals surface area contributed by atoms with Crippen molar-refractivity contribution in [1.82, 2.24) is 15.5 Å². The summed E-state index contributed by atoms with van der Waals surface area (Å²) in [5.74, 6) is 0.910. The first-order chi connectivity index (χ1) is 19.9. The highest BCUT2D eigenvalue weighted by molar-refractivity contribution is 8.00. The number of carbonyl (C=O) groups is 2. The molecular weight excluding hydrogens is 576 g/mol. The van der Waals surface area contributed by atoms with Gasteiger partial charge in [0.05, 0.1) is 82.5 Å². The van der Waals surface area contributed by atoms with Crippen LogP contribution in [0.15, 0.2) is 23.3 Å².